The molecule has 0 bridgehead atoms. The highest BCUT2D eigenvalue weighted by molar-refractivity contribution is 5.94. The second-order valence-corrected chi connectivity index (χ2v) is 5.05. The molecule has 1 amide bonds. The molecule has 0 atom stereocenters. The summed E-state index contributed by atoms with van der Waals surface area (Å²) >= 11 is 0. The standard InChI is InChI=1S/C14H19FN2O/c1-17(10-11-5-3-2-4-6-11)14(18)12-7-8-16-9-13(12)15/h7-9,11H,2-6,10H2,1H3. The number of amides is 1. The third kappa shape index (κ3) is 3.06. The number of aromatic nitrogens is 1. The van der Waals surface area contributed by atoms with Crippen molar-refractivity contribution in [3.8, 4) is 0 Å². The van der Waals surface area contributed by atoms with Gasteiger partial charge in [-0.15, -0.1) is 0 Å². The zero-order chi connectivity index (χ0) is 13.0. The summed E-state index contributed by atoms with van der Waals surface area (Å²) in [5, 5.41) is 0. The molecule has 18 heavy (non-hydrogen) atoms. The highest BCUT2D eigenvalue weighted by atomic mass is 19.1. The maximum Gasteiger partial charge on any atom is 0.256 e. The molecule has 1 aromatic heterocycles. The number of pyridine rings is 1. The molecule has 0 saturated heterocycles. The second kappa shape index (κ2) is 5.94. The fourth-order valence-corrected chi connectivity index (χ4v) is 2.59. The van der Waals surface area contributed by atoms with E-state index in [1.165, 1.54) is 44.4 Å². The molecule has 1 saturated carbocycles. The molecule has 1 aliphatic rings. The number of hydrogen-bond donors (Lipinski definition) is 0. The van der Waals surface area contributed by atoms with Gasteiger partial charge in [0.05, 0.1) is 11.8 Å². The molecule has 98 valence electrons. The summed E-state index contributed by atoms with van der Waals surface area (Å²) in [4.78, 5) is 17.4. The van der Waals surface area contributed by atoms with Crippen LogP contribution in [0.15, 0.2) is 18.5 Å². The average Bonchev–Trinajstić information content (AvgIpc) is 2.39. The molecule has 1 aromatic rings. The second-order valence-electron chi connectivity index (χ2n) is 5.05. The molecular formula is C14H19FN2O. The van der Waals surface area contributed by atoms with E-state index < -0.39 is 5.82 Å². The molecular weight excluding hydrogens is 231 g/mol. The minimum absolute atomic E-state index is 0.114. The van der Waals surface area contributed by atoms with E-state index in [1.54, 1.807) is 11.9 Å². The van der Waals surface area contributed by atoms with Gasteiger partial charge in [-0.2, -0.15) is 0 Å². The van der Waals surface area contributed by atoms with Crippen molar-refractivity contribution in [3.63, 3.8) is 0 Å². The van der Waals surface area contributed by atoms with E-state index in [0.29, 0.717) is 5.92 Å². The third-order valence-electron chi connectivity index (χ3n) is 3.61. The Hall–Kier alpha value is -1.45. The van der Waals surface area contributed by atoms with Crippen LogP contribution in [-0.2, 0) is 0 Å². The summed E-state index contributed by atoms with van der Waals surface area (Å²) in [5.74, 6) is -0.226. The van der Waals surface area contributed by atoms with Crippen LogP contribution in [-0.4, -0.2) is 29.4 Å². The molecule has 0 radical (unpaired) electrons. The third-order valence-corrected chi connectivity index (χ3v) is 3.61. The number of carbonyl (C=O) groups excluding carboxylic acids is 1. The topological polar surface area (TPSA) is 33.2 Å². The lowest BCUT2D eigenvalue weighted by molar-refractivity contribution is 0.0755. The number of halogens is 1. The Balaban J connectivity index is 1.98. The van der Waals surface area contributed by atoms with Crippen molar-refractivity contribution in [1.82, 2.24) is 9.88 Å². The van der Waals surface area contributed by atoms with Crippen LogP contribution in [0, 0.1) is 11.7 Å². The van der Waals surface area contributed by atoms with Crippen LogP contribution in [0.2, 0.25) is 0 Å². The number of rotatable bonds is 3. The fraction of sp³-hybridized carbons (Fsp3) is 0.571. The quantitative estimate of drug-likeness (QED) is 0.826. The number of hydrogen-bond acceptors (Lipinski definition) is 2. The molecule has 3 nitrogen and oxygen atoms in total. The highest BCUT2D eigenvalue weighted by Gasteiger charge is 2.20. The first-order valence-corrected chi connectivity index (χ1v) is 6.53. The first kappa shape index (κ1) is 13.0. The Morgan fingerprint density at radius 1 is 1.44 bits per heavy atom. The lowest BCUT2D eigenvalue weighted by Crippen LogP contribution is -2.33. The Bertz CT molecular complexity index is 416. The lowest BCUT2D eigenvalue weighted by atomic mass is 9.89. The van der Waals surface area contributed by atoms with Gasteiger partial charge in [-0.25, -0.2) is 4.39 Å². The van der Waals surface area contributed by atoms with Gasteiger partial charge < -0.3 is 4.90 Å². The summed E-state index contributed by atoms with van der Waals surface area (Å²) in [6, 6.07) is 1.44. The molecule has 4 heteroatoms. The zero-order valence-electron chi connectivity index (χ0n) is 10.7. The minimum Gasteiger partial charge on any atom is -0.341 e. The first-order chi connectivity index (χ1) is 8.68. The monoisotopic (exact) mass is 250 g/mol. The van der Waals surface area contributed by atoms with Crippen LogP contribution in [0.5, 0.6) is 0 Å². The number of carbonyl (C=O) groups is 1. The van der Waals surface area contributed by atoms with Gasteiger partial charge >= 0.3 is 0 Å². The van der Waals surface area contributed by atoms with Crippen LogP contribution in [0.3, 0.4) is 0 Å². The van der Waals surface area contributed by atoms with Gasteiger partial charge in [0.25, 0.3) is 5.91 Å². The fourth-order valence-electron chi connectivity index (χ4n) is 2.59. The average molecular weight is 250 g/mol. The van der Waals surface area contributed by atoms with E-state index >= 15 is 0 Å². The molecule has 1 fully saturated rings. The predicted octanol–water partition coefficient (Wildman–Crippen LogP) is 2.87. The van der Waals surface area contributed by atoms with Gasteiger partial charge in [0.15, 0.2) is 5.82 Å². The largest absolute Gasteiger partial charge is 0.341 e. The van der Waals surface area contributed by atoms with Crippen molar-refractivity contribution in [1.29, 1.82) is 0 Å². The summed E-state index contributed by atoms with van der Waals surface area (Å²) in [6.45, 7) is 0.723. The maximum absolute atomic E-state index is 13.5. The highest BCUT2D eigenvalue weighted by Crippen LogP contribution is 2.24. The maximum atomic E-state index is 13.5. The first-order valence-electron chi connectivity index (χ1n) is 6.53. The molecule has 0 spiro atoms. The van der Waals surface area contributed by atoms with Gasteiger partial charge in [0.1, 0.15) is 0 Å². The van der Waals surface area contributed by atoms with E-state index in [0.717, 1.165) is 12.7 Å². The Kier molecular flexibility index (Phi) is 4.28. The molecule has 0 aromatic carbocycles. The molecule has 1 aliphatic carbocycles. The number of nitrogens with zero attached hydrogens (tertiary/aromatic N) is 2. The van der Waals surface area contributed by atoms with Crippen molar-refractivity contribution in [3.05, 3.63) is 29.8 Å². The van der Waals surface area contributed by atoms with Crippen LogP contribution >= 0.6 is 0 Å². The molecule has 2 rings (SSSR count). The molecule has 0 aliphatic heterocycles. The SMILES string of the molecule is CN(CC1CCCCC1)C(=O)c1ccncc1F. The van der Waals surface area contributed by atoms with E-state index in [2.05, 4.69) is 4.98 Å². The lowest BCUT2D eigenvalue weighted by Gasteiger charge is -2.27. The minimum atomic E-state index is -0.544. The smallest absolute Gasteiger partial charge is 0.256 e. The zero-order valence-corrected chi connectivity index (χ0v) is 10.7. The van der Waals surface area contributed by atoms with Crippen LogP contribution in [0.1, 0.15) is 42.5 Å². The summed E-state index contributed by atoms with van der Waals surface area (Å²) in [6.07, 6.45) is 8.68. The van der Waals surface area contributed by atoms with Crippen LogP contribution in [0.25, 0.3) is 0 Å². The Morgan fingerprint density at radius 3 is 2.83 bits per heavy atom. The Morgan fingerprint density at radius 2 is 2.17 bits per heavy atom. The molecule has 0 unspecified atom stereocenters. The summed E-state index contributed by atoms with van der Waals surface area (Å²) in [7, 11) is 1.75. The predicted molar refractivity (Wildman–Crippen MR) is 67.7 cm³/mol. The van der Waals surface area contributed by atoms with Crippen LogP contribution in [0.4, 0.5) is 4.39 Å². The van der Waals surface area contributed by atoms with Gasteiger partial charge in [-0.05, 0) is 24.8 Å². The van der Waals surface area contributed by atoms with E-state index in [-0.39, 0.29) is 11.5 Å². The van der Waals surface area contributed by atoms with Gasteiger partial charge in [0, 0.05) is 19.8 Å². The van der Waals surface area contributed by atoms with Crippen molar-refractivity contribution in [2.24, 2.45) is 5.92 Å². The Labute approximate surface area is 107 Å². The van der Waals surface area contributed by atoms with Gasteiger partial charge in [0.2, 0.25) is 0 Å². The van der Waals surface area contributed by atoms with Gasteiger partial charge in [-0.3, -0.25) is 9.78 Å². The van der Waals surface area contributed by atoms with Crippen molar-refractivity contribution in [2.45, 2.75) is 32.1 Å². The molecule has 1 heterocycles. The molecule has 0 N–H and O–H groups in total. The van der Waals surface area contributed by atoms with E-state index in [4.69, 9.17) is 0 Å². The van der Waals surface area contributed by atoms with Crippen molar-refractivity contribution in [2.75, 3.05) is 13.6 Å². The van der Waals surface area contributed by atoms with Crippen molar-refractivity contribution >= 4 is 5.91 Å². The van der Waals surface area contributed by atoms with E-state index in [9.17, 15) is 9.18 Å². The van der Waals surface area contributed by atoms with Crippen LogP contribution < -0.4 is 0 Å². The summed E-state index contributed by atoms with van der Waals surface area (Å²) < 4.78 is 13.5. The van der Waals surface area contributed by atoms with E-state index in [1.807, 2.05) is 0 Å². The van der Waals surface area contributed by atoms with Gasteiger partial charge in [-0.1, -0.05) is 19.3 Å². The van der Waals surface area contributed by atoms with Crippen molar-refractivity contribution < 1.29 is 9.18 Å². The summed E-state index contributed by atoms with van der Waals surface area (Å²) in [5.41, 5.74) is 0.114. The normalized spacial score (nSPS) is 16.6.